The zero-order chi connectivity index (χ0) is 21.2. The van der Waals surface area contributed by atoms with E-state index in [1.54, 1.807) is 36.4 Å². The SMILES string of the molecule is CC(C)(C)c1ccccc1Nc1nc(Nc2ccc(Cl)cc2)ncc1C(F)(F)F. The Morgan fingerprint density at radius 1 is 0.862 bits per heavy atom. The molecular weight excluding hydrogens is 401 g/mol. The molecule has 4 nitrogen and oxygen atoms in total. The average molecular weight is 421 g/mol. The van der Waals surface area contributed by atoms with Gasteiger partial charge in [-0.1, -0.05) is 50.6 Å². The van der Waals surface area contributed by atoms with Crippen LogP contribution in [0.2, 0.25) is 5.02 Å². The quantitative estimate of drug-likeness (QED) is 0.480. The maximum absolute atomic E-state index is 13.5. The summed E-state index contributed by atoms with van der Waals surface area (Å²) in [5, 5.41) is 6.30. The van der Waals surface area contributed by atoms with Gasteiger partial charge in [0, 0.05) is 22.6 Å². The van der Waals surface area contributed by atoms with Crippen molar-refractivity contribution < 1.29 is 13.2 Å². The number of alkyl halides is 3. The molecule has 0 aliphatic carbocycles. The molecule has 0 unspecified atom stereocenters. The van der Waals surface area contributed by atoms with Crippen LogP contribution in [0.5, 0.6) is 0 Å². The fraction of sp³-hybridized carbons (Fsp3) is 0.238. The first-order valence-electron chi connectivity index (χ1n) is 8.87. The van der Waals surface area contributed by atoms with Gasteiger partial charge in [0.25, 0.3) is 0 Å². The lowest BCUT2D eigenvalue weighted by Gasteiger charge is -2.24. The van der Waals surface area contributed by atoms with Crippen molar-refractivity contribution >= 4 is 34.7 Å². The third-order valence-electron chi connectivity index (χ3n) is 4.18. The fourth-order valence-corrected chi connectivity index (χ4v) is 2.91. The molecule has 2 N–H and O–H groups in total. The standard InChI is InChI=1S/C21H20ClF3N4/c1-20(2,3)15-6-4-5-7-17(15)28-18-16(21(23,24)25)12-26-19(29-18)27-14-10-8-13(22)9-11-14/h4-12H,1-3H3,(H2,26,27,28,29). The predicted molar refractivity (Wildman–Crippen MR) is 110 cm³/mol. The Morgan fingerprint density at radius 2 is 1.52 bits per heavy atom. The van der Waals surface area contributed by atoms with Crippen molar-refractivity contribution in [3.63, 3.8) is 0 Å². The molecule has 1 heterocycles. The average Bonchev–Trinajstić information content (AvgIpc) is 2.62. The summed E-state index contributed by atoms with van der Waals surface area (Å²) in [6.45, 7) is 5.98. The van der Waals surface area contributed by atoms with Crippen LogP contribution in [0.15, 0.2) is 54.7 Å². The molecule has 152 valence electrons. The van der Waals surface area contributed by atoms with Gasteiger partial charge < -0.3 is 10.6 Å². The summed E-state index contributed by atoms with van der Waals surface area (Å²) in [7, 11) is 0. The van der Waals surface area contributed by atoms with Gasteiger partial charge in [-0.3, -0.25) is 0 Å². The van der Waals surface area contributed by atoms with E-state index in [0.717, 1.165) is 11.8 Å². The topological polar surface area (TPSA) is 49.8 Å². The number of halogens is 4. The summed E-state index contributed by atoms with van der Waals surface area (Å²) in [6.07, 6.45) is -3.83. The number of benzene rings is 2. The van der Waals surface area contributed by atoms with E-state index in [-0.39, 0.29) is 17.2 Å². The van der Waals surface area contributed by atoms with Crippen molar-refractivity contribution in [3.05, 3.63) is 70.9 Å². The molecule has 0 atom stereocenters. The van der Waals surface area contributed by atoms with Crippen molar-refractivity contribution in [1.82, 2.24) is 9.97 Å². The molecule has 3 aromatic rings. The Labute approximate surface area is 172 Å². The van der Waals surface area contributed by atoms with Crippen LogP contribution in [0, 0.1) is 0 Å². The van der Waals surface area contributed by atoms with Crippen LogP contribution in [0.1, 0.15) is 31.9 Å². The van der Waals surface area contributed by atoms with E-state index in [1.165, 1.54) is 0 Å². The van der Waals surface area contributed by atoms with Crippen molar-refractivity contribution in [2.24, 2.45) is 0 Å². The number of anilines is 4. The highest BCUT2D eigenvalue weighted by molar-refractivity contribution is 6.30. The number of aromatic nitrogens is 2. The maximum atomic E-state index is 13.5. The molecule has 0 saturated heterocycles. The number of hydrogen-bond acceptors (Lipinski definition) is 4. The lowest BCUT2D eigenvalue weighted by atomic mass is 9.86. The lowest BCUT2D eigenvalue weighted by Crippen LogP contribution is -2.16. The highest BCUT2D eigenvalue weighted by atomic mass is 35.5. The summed E-state index contributed by atoms with van der Waals surface area (Å²) in [5.41, 5.74) is 0.832. The Kier molecular flexibility index (Phi) is 5.71. The van der Waals surface area contributed by atoms with Crippen LogP contribution in [0.3, 0.4) is 0 Å². The summed E-state index contributed by atoms with van der Waals surface area (Å²) < 4.78 is 40.6. The molecule has 0 spiro atoms. The van der Waals surface area contributed by atoms with Gasteiger partial charge in [0.05, 0.1) is 0 Å². The molecule has 0 saturated carbocycles. The van der Waals surface area contributed by atoms with Gasteiger partial charge in [-0.15, -0.1) is 0 Å². The number of nitrogens with one attached hydrogen (secondary N) is 2. The second-order valence-corrected chi connectivity index (χ2v) is 7.94. The maximum Gasteiger partial charge on any atom is 0.421 e. The van der Waals surface area contributed by atoms with Gasteiger partial charge in [-0.25, -0.2) is 4.98 Å². The molecule has 0 bridgehead atoms. The van der Waals surface area contributed by atoms with E-state index in [0.29, 0.717) is 16.4 Å². The molecule has 1 aromatic heterocycles. The normalized spacial score (nSPS) is 12.0. The summed E-state index contributed by atoms with van der Waals surface area (Å²) in [4.78, 5) is 7.91. The van der Waals surface area contributed by atoms with E-state index in [1.807, 2.05) is 32.9 Å². The Morgan fingerprint density at radius 3 is 2.14 bits per heavy atom. The van der Waals surface area contributed by atoms with Crippen LogP contribution in [-0.4, -0.2) is 9.97 Å². The molecule has 3 rings (SSSR count). The molecular formula is C21H20ClF3N4. The number of para-hydroxylation sites is 1. The Hall–Kier alpha value is -2.80. The van der Waals surface area contributed by atoms with E-state index in [4.69, 9.17) is 11.6 Å². The minimum Gasteiger partial charge on any atom is -0.339 e. The smallest absolute Gasteiger partial charge is 0.339 e. The predicted octanol–water partition coefficient (Wildman–Crippen LogP) is 6.93. The van der Waals surface area contributed by atoms with E-state index >= 15 is 0 Å². The van der Waals surface area contributed by atoms with Crippen LogP contribution < -0.4 is 10.6 Å². The van der Waals surface area contributed by atoms with Gasteiger partial charge in [-0.05, 0) is 41.3 Å². The number of nitrogens with zero attached hydrogens (tertiary/aromatic N) is 2. The first-order chi connectivity index (χ1) is 13.5. The van der Waals surface area contributed by atoms with Crippen molar-refractivity contribution in [3.8, 4) is 0 Å². The molecule has 0 fully saturated rings. The Balaban J connectivity index is 2.01. The molecule has 0 radical (unpaired) electrons. The first kappa shape index (κ1) is 20.9. The highest BCUT2D eigenvalue weighted by Gasteiger charge is 2.35. The number of rotatable bonds is 4. The Bertz CT molecular complexity index is 996. The minimum absolute atomic E-state index is 0.0380. The zero-order valence-electron chi connectivity index (χ0n) is 16.1. The second kappa shape index (κ2) is 7.91. The van der Waals surface area contributed by atoms with E-state index < -0.39 is 11.7 Å². The lowest BCUT2D eigenvalue weighted by molar-refractivity contribution is -0.137. The minimum atomic E-state index is -4.60. The van der Waals surface area contributed by atoms with Crippen LogP contribution in [0.4, 0.5) is 36.3 Å². The largest absolute Gasteiger partial charge is 0.421 e. The van der Waals surface area contributed by atoms with Crippen LogP contribution >= 0.6 is 11.6 Å². The van der Waals surface area contributed by atoms with E-state index in [9.17, 15) is 13.2 Å². The van der Waals surface area contributed by atoms with Crippen molar-refractivity contribution in [2.45, 2.75) is 32.4 Å². The van der Waals surface area contributed by atoms with Gasteiger partial charge in [0.2, 0.25) is 5.95 Å². The van der Waals surface area contributed by atoms with Gasteiger partial charge in [-0.2, -0.15) is 18.2 Å². The summed E-state index contributed by atoms with van der Waals surface area (Å²) in [5.74, 6) is -0.281. The molecule has 8 heteroatoms. The third kappa shape index (κ3) is 5.17. The molecule has 0 amide bonds. The van der Waals surface area contributed by atoms with Gasteiger partial charge in [0.1, 0.15) is 11.4 Å². The van der Waals surface area contributed by atoms with Crippen LogP contribution in [0.25, 0.3) is 0 Å². The van der Waals surface area contributed by atoms with Crippen LogP contribution in [-0.2, 0) is 11.6 Å². The fourth-order valence-electron chi connectivity index (χ4n) is 2.78. The molecule has 0 aliphatic heterocycles. The summed E-state index contributed by atoms with van der Waals surface area (Å²) >= 11 is 5.86. The molecule has 29 heavy (non-hydrogen) atoms. The highest BCUT2D eigenvalue weighted by Crippen LogP contribution is 2.37. The number of hydrogen-bond donors (Lipinski definition) is 2. The second-order valence-electron chi connectivity index (χ2n) is 7.51. The zero-order valence-corrected chi connectivity index (χ0v) is 16.9. The van der Waals surface area contributed by atoms with Crippen molar-refractivity contribution in [2.75, 3.05) is 10.6 Å². The van der Waals surface area contributed by atoms with Gasteiger partial charge in [0.15, 0.2) is 0 Å². The van der Waals surface area contributed by atoms with Gasteiger partial charge >= 0.3 is 6.18 Å². The van der Waals surface area contributed by atoms with Crippen molar-refractivity contribution in [1.29, 1.82) is 0 Å². The third-order valence-corrected chi connectivity index (χ3v) is 4.43. The molecule has 0 aliphatic rings. The first-order valence-corrected chi connectivity index (χ1v) is 9.25. The van der Waals surface area contributed by atoms with E-state index in [2.05, 4.69) is 20.6 Å². The molecule has 2 aromatic carbocycles. The summed E-state index contributed by atoms with van der Waals surface area (Å²) in [6, 6.07) is 13.9. The monoisotopic (exact) mass is 420 g/mol.